The third-order valence-corrected chi connectivity index (χ3v) is 5.22. The van der Waals surface area contributed by atoms with E-state index >= 15 is 0 Å². The summed E-state index contributed by atoms with van der Waals surface area (Å²) in [5.74, 6) is 0.871. The molecule has 0 aromatic heterocycles. The molecule has 0 N–H and O–H groups in total. The van der Waals surface area contributed by atoms with Gasteiger partial charge in [-0.2, -0.15) is 0 Å². The minimum Gasteiger partial charge on any atom is -0.445 e. The van der Waals surface area contributed by atoms with Crippen LogP contribution in [0.1, 0.15) is 39.2 Å². The first kappa shape index (κ1) is 21.2. The van der Waals surface area contributed by atoms with Crippen molar-refractivity contribution in [3.05, 3.63) is 48.0 Å². The summed E-state index contributed by atoms with van der Waals surface area (Å²) in [6.45, 7) is 8.85. The second kappa shape index (κ2) is 9.33. The Morgan fingerprint density at radius 1 is 0.966 bits per heavy atom. The zero-order valence-electron chi connectivity index (χ0n) is 17.7. The van der Waals surface area contributed by atoms with E-state index in [2.05, 4.69) is 12.2 Å². The number of piperidine rings is 1. The number of benzene rings is 1. The Balaban J connectivity index is 1.32. The molecule has 1 aromatic carbocycles. The minimum atomic E-state index is -0.452. The number of ether oxygens (including phenoxy) is 2. The lowest BCUT2D eigenvalue weighted by Gasteiger charge is -2.37. The summed E-state index contributed by atoms with van der Waals surface area (Å²) in [5.41, 5.74) is 0.544. The largest absolute Gasteiger partial charge is 0.445 e. The first-order chi connectivity index (χ1) is 13.8. The quantitative estimate of drug-likeness (QED) is 0.700. The summed E-state index contributed by atoms with van der Waals surface area (Å²) in [4.78, 5) is 27.7. The maximum absolute atomic E-state index is 12.1. The number of hydrogen-bond donors (Lipinski definition) is 0. The Kier molecular flexibility index (Phi) is 6.83. The van der Waals surface area contributed by atoms with Gasteiger partial charge < -0.3 is 19.3 Å². The van der Waals surface area contributed by atoms with Crippen molar-refractivity contribution in [3.63, 3.8) is 0 Å². The average Bonchev–Trinajstić information content (AvgIpc) is 2.65. The second-order valence-corrected chi connectivity index (χ2v) is 8.89. The zero-order valence-corrected chi connectivity index (χ0v) is 17.7. The molecule has 6 nitrogen and oxygen atoms in total. The topological polar surface area (TPSA) is 59.1 Å². The highest BCUT2D eigenvalue weighted by molar-refractivity contribution is 5.69. The lowest BCUT2D eigenvalue weighted by Crippen LogP contribution is -2.49. The molecule has 0 saturated carbocycles. The van der Waals surface area contributed by atoms with Crippen molar-refractivity contribution in [1.29, 1.82) is 0 Å². The molecular formula is C23H32N2O4. The van der Waals surface area contributed by atoms with Crippen molar-refractivity contribution in [2.24, 2.45) is 11.8 Å². The molecule has 2 aliphatic heterocycles. The Bertz CT molecular complexity index is 712. The fourth-order valence-electron chi connectivity index (χ4n) is 3.51. The standard InChI is InChI=1S/C23H32N2O4/c1-23(2,3)29-22(27)24-13-11-18(12-14-24)9-10-20-15-25(16-20)21(26)28-17-19-7-5-4-6-8-19/h4-10,18,20H,11-17H2,1-3H3/b10-9+. The van der Waals surface area contributed by atoms with Crippen LogP contribution in [-0.4, -0.2) is 53.8 Å². The van der Waals surface area contributed by atoms with Crippen LogP contribution >= 0.6 is 0 Å². The molecule has 2 aliphatic rings. The van der Waals surface area contributed by atoms with E-state index in [0.717, 1.165) is 31.5 Å². The Morgan fingerprint density at radius 3 is 2.21 bits per heavy atom. The van der Waals surface area contributed by atoms with Gasteiger partial charge in [0.1, 0.15) is 12.2 Å². The fraction of sp³-hybridized carbons (Fsp3) is 0.565. The molecule has 3 rings (SSSR count). The van der Waals surface area contributed by atoms with Crippen LogP contribution in [0.5, 0.6) is 0 Å². The first-order valence-corrected chi connectivity index (χ1v) is 10.4. The van der Waals surface area contributed by atoms with Crippen molar-refractivity contribution in [2.45, 2.75) is 45.8 Å². The summed E-state index contributed by atoms with van der Waals surface area (Å²) >= 11 is 0. The van der Waals surface area contributed by atoms with Crippen LogP contribution in [0.2, 0.25) is 0 Å². The molecule has 158 valence electrons. The van der Waals surface area contributed by atoms with Crippen molar-refractivity contribution in [1.82, 2.24) is 9.80 Å². The molecule has 1 aromatic rings. The van der Waals surface area contributed by atoms with Gasteiger partial charge in [-0.05, 0) is 45.1 Å². The summed E-state index contributed by atoms with van der Waals surface area (Å²) in [7, 11) is 0. The van der Waals surface area contributed by atoms with Gasteiger partial charge in [0.2, 0.25) is 0 Å². The number of allylic oxidation sites excluding steroid dienone is 1. The smallest absolute Gasteiger partial charge is 0.410 e. The predicted molar refractivity (Wildman–Crippen MR) is 111 cm³/mol. The number of amides is 2. The molecule has 6 heteroatoms. The maximum atomic E-state index is 12.1. The van der Waals surface area contributed by atoms with Gasteiger partial charge in [-0.15, -0.1) is 0 Å². The predicted octanol–water partition coefficient (Wildman–Crippen LogP) is 4.46. The molecule has 29 heavy (non-hydrogen) atoms. The van der Waals surface area contributed by atoms with Crippen molar-refractivity contribution in [2.75, 3.05) is 26.2 Å². The van der Waals surface area contributed by atoms with Gasteiger partial charge in [-0.25, -0.2) is 9.59 Å². The van der Waals surface area contributed by atoms with E-state index in [-0.39, 0.29) is 12.2 Å². The summed E-state index contributed by atoms with van der Waals surface area (Å²) in [6.07, 6.45) is 5.91. The average molecular weight is 401 g/mol. The van der Waals surface area contributed by atoms with Crippen molar-refractivity contribution in [3.8, 4) is 0 Å². The fourth-order valence-corrected chi connectivity index (χ4v) is 3.51. The molecule has 0 spiro atoms. The van der Waals surface area contributed by atoms with Gasteiger partial charge in [-0.3, -0.25) is 0 Å². The van der Waals surface area contributed by atoms with Crippen molar-refractivity contribution < 1.29 is 19.1 Å². The molecule has 0 atom stereocenters. The SMILES string of the molecule is CC(C)(C)OC(=O)N1CCC(/C=C/C2CN(C(=O)OCc3ccccc3)C2)CC1. The molecule has 2 saturated heterocycles. The van der Waals surface area contributed by atoms with Crippen LogP contribution < -0.4 is 0 Å². The highest BCUT2D eigenvalue weighted by atomic mass is 16.6. The van der Waals surface area contributed by atoms with Gasteiger partial charge in [0, 0.05) is 32.1 Å². The number of hydrogen-bond acceptors (Lipinski definition) is 4. The monoisotopic (exact) mass is 400 g/mol. The highest BCUT2D eigenvalue weighted by Crippen LogP contribution is 2.24. The van der Waals surface area contributed by atoms with Gasteiger partial charge in [-0.1, -0.05) is 42.5 Å². The number of likely N-dealkylation sites (tertiary alicyclic amines) is 2. The van der Waals surface area contributed by atoms with E-state index < -0.39 is 5.60 Å². The van der Waals surface area contributed by atoms with Gasteiger partial charge in [0.15, 0.2) is 0 Å². The number of rotatable bonds is 4. The minimum absolute atomic E-state index is 0.219. The normalized spacial score (nSPS) is 18.6. The Hall–Kier alpha value is -2.50. The molecule has 2 amide bonds. The third-order valence-electron chi connectivity index (χ3n) is 5.22. The van der Waals surface area contributed by atoms with E-state index in [1.807, 2.05) is 51.1 Å². The molecule has 2 fully saturated rings. The van der Waals surface area contributed by atoms with Crippen LogP contribution in [0.15, 0.2) is 42.5 Å². The molecule has 0 bridgehead atoms. The van der Waals surface area contributed by atoms with E-state index in [0.29, 0.717) is 31.5 Å². The van der Waals surface area contributed by atoms with E-state index in [1.54, 1.807) is 9.80 Å². The molecular weight excluding hydrogens is 368 g/mol. The van der Waals surface area contributed by atoms with E-state index in [1.165, 1.54) is 0 Å². The maximum Gasteiger partial charge on any atom is 0.410 e. The number of carbonyl (C=O) groups excluding carboxylic acids is 2. The molecule has 0 unspecified atom stereocenters. The van der Waals surface area contributed by atoms with Crippen molar-refractivity contribution >= 4 is 12.2 Å². The van der Waals surface area contributed by atoms with E-state index in [9.17, 15) is 9.59 Å². The lowest BCUT2D eigenvalue weighted by atomic mass is 9.93. The van der Waals surface area contributed by atoms with Crippen LogP contribution in [0.25, 0.3) is 0 Å². The van der Waals surface area contributed by atoms with Gasteiger partial charge >= 0.3 is 12.2 Å². The molecule has 0 radical (unpaired) electrons. The third kappa shape index (κ3) is 6.51. The molecule has 0 aliphatic carbocycles. The lowest BCUT2D eigenvalue weighted by molar-refractivity contribution is 0.0197. The summed E-state index contributed by atoms with van der Waals surface area (Å²) in [5, 5.41) is 0. The van der Waals surface area contributed by atoms with Crippen LogP contribution in [0.4, 0.5) is 9.59 Å². The summed E-state index contributed by atoms with van der Waals surface area (Å²) < 4.78 is 10.8. The van der Waals surface area contributed by atoms with Gasteiger partial charge in [0.25, 0.3) is 0 Å². The van der Waals surface area contributed by atoms with Crippen LogP contribution in [0.3, 0.4) is 0 Å². The van der Waals surface area contributed by atoms with Crippen LogP contribution in [-0.2, 0) is 16.1 Å². The second-order valence-electron chi connectivity index (χ2n) is 8.89. The Morgan fingerprint density at radius 2 is 1.59 bits per heavy atom. The first-order valence-electron chi connectivity index (χ1n) is 10.4. The van der Waals surface area contributed by atoms with E-state index in [4.69, 9.17) is 9.47 Å². The number of carbonyl (C=O) groups is 2. The summed E-state index contributed by atoms with van der Waals surface area (Å²) in [6, 6.07) is 9.71. The number of nitrogens with zero attached hydrogens (tertiary/aromatic N) is 2. The Labute approximate surface area is 173 Å². The van der Waals surface area contributed by atoms with Crippen LogP contribution in [0, 0.1) is 11.8 Å². The molecule has 2 heterocycles. The highest BCUT2D eigenvalue weighted by Gasteiger charge is 2.31. The van der Waals surface area contributed by atoms with Gasteiger partial charge in [0.05, 0.1) is 0 Å². The zero-order chi connectivity index (χ0) is 20.9.